The van der Waals surface area contributed by atoms with Crippen LogP contribution in [0.2, 0.25) is 0 Å². The van der Waals surface area contributed by atoms with Crippen molar-refractivity contribution in [1.29, 1.82) is 0 Å². The fourth-order valence-electron chi connectivity index (χ4n) is 2.60. The molecule has 1 amide bonds. The molecule has 0 spiro atoms. The van der Waals surface area contributed by atoms with Gasteiger partial charge in [0.15, 0.2) is 12.1 Å². The van der Waals surface area contributed by atoms with E-state index in [0.717, 1.165) is 4.68 Å². The Bertz CT molecular complexity index is 840. The number of amides is 1. The highest BCUT2D eigenvalue weighted by molar-refractivity contribution is 5.89. The van der Waals surface area contributed by atoms with Crippen molar-refractivity contribution in [3.63, 3.8) is 0 Å². The van der Waals surface area contributed by atoms with E-state index in [-0.39, 0.29) is 17.2 Å². The van der Waals surface area contributed by atoms with Crippen molar-refractivity contribution < 1.29 is 29.2 Å². The van der Waals surface area contributed by atoms with Crippen molar-refractivity contribution in [1.82, 2.24) is 14.8 Å². The van der Waals surface area contributed by atoms with E-state index < -0.39 is 42.9 Å². The Kier molecular flexibility index (Phi) is 5.09. The Balaban J connectivity index is 1.98. The maximum atomic E-state index is 13.7. The maximum Gasteiger partial charge on any atom is 0.288 e. The highest BCUT2D eigenvalue weighted by atomic mass is 19.1. The Morgan fingerprint density at radius 2 is 2.04 bits per heavy atom. The van der Waals surface area contributed by atoms with Crippen LogP contribution in [0.5, 0.6) is 0 Å². The first-order chi connectivity index (χ1) is 12.4. The topological polar surface area (TPSA) is 144 Å². The molecular weight excluding hydrogens is 347 g/mol. The molecule has 138 valence electrons. The number of rotatable bonds is 5. The second-order valence-electron chi connectivity index (χ2n) is 5.69. The molecular formula is C16H17FN4O5. The Hall–Kier alpha value is -2.66. The molecule has 0 radical (unpaired) electrons. The number of carbonyl (C=O) groups is 1. The molecule has 0 bridgehead atoms. The number of benzene rings is 1. The molecule has 1 saturated heterocycles. The summed E-state index contributed by atoms with van der Waals surface area (Å²) in [4.78, 5) is 15.3. The van der Waals surface area contributed by atoms with Crippen molar-refractivity contribution >= 4 is 18.1 Å². The maximum absolute atomic E-state index is 13.7. The summed E-state index contributed by atoms with van der Waals surface area (Å²) in [5.74, 6) is -1.65. The Morgan fingerprint density at radius 1 is 1.31 bits per heavy atom. The van der Waals surface area contributed by atoms with Crippen molar-refractivity contribution in [2.45, 2.75) is 24.5 Å². The first-order valence-electron chi connectivity index (χ1n) is 7.73. The van der Waals surface area contributed by atoms with Crippen LogP contribution in [0.15, 0.2) is 24.3 Å². The third-order valence-electron chi connectivity index (χ3n) is 3.95. The summed E-state index contributed by atoms with van der Waals surface area (Å²) in [6.45, 7) is -0.521. The lowest BCUT2D eigenvalue weighted by Crippen LogP contribution is -2.33. The normalized spacial score (nSPS) is 25.8. The van der Waals surface area contributed by atoms with E-state index in [0.29, 0.717) is 0 Å². The van der Waals surface area contributed by atoms with Gasteiger partial charge in [-0.25, -0.2) is 14.1 Å². The van der Waals surface area contributed by atoms with Crippen molar-refractivity contribution in [3.05, 3.63) is 47.3 Å². The molecule has 0 aliphatic carbocycles. The third-order valence-corrected chi connectivity index (χ3v) is 3.95. The van der Waals surface area contributed by atoms with Gasteiger partial charge in [-0.15, -0.1) is 5.10 Å². The van der Waals surface area contributed by atoms with Gasteiger partial charge in [-0.1, -0.05) is 18.2 Å². The molecule has 1 aliphatic heterocycles. The van der Waals surface area contributed by atoms with Crippen molar-refractivity contribution in [3.8, 4) is 0 Å². The molecule has 2 heterocycles. The summed E-state index contributed by atoms with van der Waals surface area (Å²) < 4.78 is 20.2. The number of nitrogens with two attached hydrogens (primary N) is 1. The average molecular weight is 364 g/mol. The molecule has 1 aromatic carbocycles. The van der Waals surface area contributed by atoms with Gasteiger partial charge in [-0.05, 0) is 18.2 Å². The number of aliphatic hydroxyl groups excluding tert-OH is 3. The predicted molar refractivity (Wildman–Crippen MR) is 86.9 cm³/mol. The van der Waals surface area contributed by atoms with Crippen LogP contribution in [0.4, 0.5) is 4.39 Å². The largest absolute Gasteiger partial charge is 0.394 e. The molecule has 1 aliphatic rings. The molecule has 5 N–H and O–H groups in total. The van der Waals surface area contributed by atoms with E-state index in [1.54, 1.807) is 12.1 Å². The minimum Gasteiger partial charge on any atom is -0.394 e. The fourth-order valence-corrected chi connectivity index (χ4v) is 2.60. The lowest BCUT2D eigenvalue weighted by molar-refractivity contribution is -0.0591. The number of carbonyl (C=O) groups excluding carboxylic acids is 1. The molecule has 0 unspecified atom stereocenters. The monoisotopic (exact) mass is 364 g/mol. The number of hydrogen-bond donors (Lipinski definition) is 4. The summed E-state index contributed by atoms with van der Waals surface area (Å²) >= 11 is 0. The predicted octanol–water partition coefficient (Wildman–Crippen LogP) is -0.702. The van der Waals surface area contributed by atoms with E-state index in [2.05, 4.69) is 10.1 Å². The summed E-state index contributed by atoms with van der Waals surface area (Å²) in [6.07, 6.45) is -2.23. The zero-order chi connectivity index (χ0) is 18.8. The standard InChI is InChI=1S/C16H17FN4O5/c17-9-4-2-1-3-8(9)5-6-11-19-15(14(18)25)20-21(11)16-13(24)12(23)10(7-22)26-16/h1-6,10,12-13,16,22-24H,7H2,(H2,18,25)/b6-5+/t10-,12-,13-,16-/m1/s1. The summed E-state index contributed by atoms with van der Waals surface area (Å²) in [6, 6.07) is 6.01. The molecule has 0 saturated carbocycles. The van der Waals surface area contributed by atoms with Gasteiger partial charge in [0, 0.05) is 5.56 Å². The van der Waals surface area contributed by atoms with E-state index in [9.17, 15) is 24.5 Å². The van der Waals surface area contributed by atoms with Crippen molar-refractivity contribution in [2.24, 2.45) is 5.73 Å². The molecule has 3 rings (SSSR count). The van der Waals surface area contributed by atoms with E-state index in [4.69, 9.17) is 10.5 Å². The van der Waals surface area contributed by atoms with Crippen LogP contribution < -0.4 is 5.73 Å². The number of hydrogen-bond acceptors (Lipinski definition) is 7. The Labute approximate surface area is 147 Å². The van der Waals surface area contributed by atoms with Crippen LogP contribution in [0.1, 0.15) is 28.2 Å². The van der Waals surface area contributed by atoms with Crippen LogP contribution in [0.3, 0.4) is 0 Å². The van der Waals surface area contributed by atoms with Gasteiger partial charge in [-0.3, -0.25) is 4.79 Å². The smallest absolute Gasteiger partial charge is 0.288 e. The summed E-state index contributed by atoms with van der Waals surface area (Å²) in [5, 5.41) is 33.1. The number of aromatic nitrogens is 3. The quantitative estimate of drug-likeness (QED) is 0.549. The second kappa shape index (κ2) is 7.30. The summed E-state index contributed by atoms with van der Waals surface area (Å²) in [7, 11) is 0. The lowest BCUT2D eigenvalue weighted by Gasteiger charge is -2.15. The van der Waals surface area contributed by atoms with E-state index in [1.807, 2.05) is 0 Å². The average Bonchev–Trinajstić information content (AvgIpc) is 3.16. The zero-order valence-corrected chi connectivity index (χ0v) is 13.4. The first-order valence-corrected chi connectivity index (χ1v) is 7.73. The van der Waals surface area contributed by atoms with Gasteiger partial charge in [0.25, 0.3) is 5.91 Å². The number of aliphatic hydroxyl groups is 3. The van der Waals surface area contributed by atoms with Gasteiger partial charge in [-0.2, -0.15) is 0 Å². The molecule has 10 heteroatoms. The summed E-state index contributed by atoms with van der Waals surface area (Å²) in [5.41, 5.74) is 5.45. The van der Waals surface area contributed by atoms with Crippen LogP contribution in [-0.2, 0) is 4.74 Å². The van der Waals surface area contributed by atoms with E-state index >= 15 is 0 Å². The molecule has 1 fully saturated rings. The highest BCUT2D eigenvalue weighted by Gasteiger charge is 2.44. The number of primary amides is 1. The Morgan fingerprint density at radius 3 is 2.65 bits per heavy atom. The van der Waals surface area contributed by atoms with Gasteiger partial charge >= 0.3 is 0 Å². The second-order valence-corrected chi connectivity index (χ2v) is 5.69. The highest BCUT2D eigenvalue weighted by Crippen LogP contribution is 2.30. The minimum absolute atomic E-state index is 0.0527. The van der Waals surface area contributed by atoms with Crippen LogP contribution in [0, 0.1) is 5.82 Å². The van der Waals surface area contributed by atoms with Gasteiger partial charge in [0.05, 0.1) is 6.61 Å². The van der Waals surface area contributed by atoms with Gasteiger partial charge in [0.2, 0.25) is 5.82 Å². The molecule has 9 nitrogen and oxygen atoms in total. The molecule has 26 heavy (non-hydrogen) atoms. The minimum atomic E-state index is -1.42. The molecule has 1 aromatic heterocycles. The number of halogens is 1. The SMILES string of the molecule is NC(=O)c1nc(/C=C/c2ccccc2F)n([C@@H]2O[C@H](CO)[C@@H](O)[C@H]2O)n1. The number of ether oxygens (including phenoxy) is 1. The third kappa shape index (κ3) is 3.35. The number of nitrogens with zero attached hydrogens (tertiary/aromatic N) is 3. The fraction of sp³-hybridized carbons (Fsp3) is 0.312. The molecule has 4 atom stereocenters. The molecule has 2 aromatic rings. The van der Waals surface area contributed by atoms with E-state index in [1.165, 1.54) is 24.3 Å². The van der Waals surface area contributed by atoms with Crippen LogP contribution >= 0.6 is 0 Å². The van der Waals surface area contributed by atoms with Crippen molar-refractivity contribution in [2.75, 3.05) is 6.61 Å². The zero-order valence-electron chi connectivity index (χ0n) is 13.4. The van der Waals surface area contributed by atoms with Crippen LogP contribution in [-0.4, -0.2) is 60.9 Å². The van der Waals surface area contributed by atoms with Gasteiger partial charge < -0.3 is 25.8 Å². The van der Waals surface area contributed by atoms with Gasteiger partial charge in [0.1, 0.15) is 24.1 Å². The first kappa shape index (κ1) is 18.1. The van der Waals surface area contributed by atoms with Crippen LogP contribution in [0.25, 0.3) is 12.2 Å². The lowest BCUT2D eigenvalue weighted by atomic mass is 10.1.